The molecule has 2 saturated carbocycles. The minimum absolute atomic E-state index is 0.124. The monoisotopic (exact) mass is 489 g/mol. The van der Waals surface area contributed by atoms with Gasteiger partial charge in [-0.1, -0.05) is 0 Å². The predicted octanol–water partition coefficient (Wildman–Crippen LogP) is 3.53. The maximum atomic E-state index is 14.4. The van der Waals surface area contributed by atoms with Gasteiger partial charge in [-0.05, 0) is 44.9 Å². The van der Waals surface area contributed by atoms with Crippen LogP contribution in [-0.2, 0) is 4.79 Å². The minimum atomic E-state index is -1.10. The van der Waals surface area contributed by atoms with Crippen molar-refractivity contribution in [3.63, 3.8) is 0 Å². The molecular formula is C23H26F3N7O2. The molecule has 2 heterocycles. The molecule has 2 aliphatic rings. The zero-order valence-corrected chi connectivity index (χ0v) is 18.8. The number of fused-ring (bicyclic) bond motifs is 1. The van der Waals surface area contributed by atoms with E-state index in [1.54, 1.807) is 4.57 Å². The molecule has 186 valence electrons. The van der Waals surface area contributed by atoms with E-state index in [9.17, 15) is 23.1 Å². The van der Waals surface area contributed by atoms with Gasteiger partial charge >= 0.3 is 0 Å². The van der Waals surface area contributed by atoms with Crippen LogP contribution in [-0.4, -0.2) is 42.7 Å². The summed E-state index contributed by atoms with van der Waals surface area (Å²) < 4.78 is 44.0. The second-order valence-electron chi connectivity index (χ2n) is 9.23. The number of halogens is 3. The van der Waals surface area contributed by atoms with Crippen molar-refractivity contribution < 1.29 is 23.1 Å². The van der Waals surface area contributed by atoms with Crippen LogP contribution in [0.25, 0.3) is 11.2 Å². The first kappa shape index (κ1) is 23.3. The van der Waals surface area contributed by atoms with E-state index in [1.165, 1.54) is 6.20 Å². The van der Waals surface area contributed by atoms with Gasteiger partial charge in [-0.15, -0.1) is 0 Å². The highest BCUT2D eigenvalue weighted by Gasteiger charge is 2.30. The molecule has 0 spiro atoms. The Kier molecular flexibility index (Phi) is 6.22. The van der Waals surface area contributed by atoms with Gasteiger partial charge in [0.1, 0.15) is 17.0 Å². The van der Waals surface area contributed by atoms with Crippen molar-refractivity contribution in [1.82, 2.24) is 19.5 Å². The smallest absolute Gasteiger partial charge is 0.225 e. The Bertz CT molecular complexity index is 1240. The topological polar surface area (TPSA) is 131 Å². The molecule has 0 radical (unpaired) electrons. The molecule has 0 aliphatic heterocycles. The lowest BCUT2D eigenvalue weighted by Gasteiger charge is -2.29. The van der Waals surface area contributed by atoms with Gasteiger partial charge in [0, 0.05) is 24.1 Å². The second kappa shape index (κ2) is 9.33. The molecule has 1 amide bonds. The van der Waals surface area contributed by atoms with Crippen LogP contribution in [0.1, 0.15) is 51.0 Å². The van der Waals surface area contributed by atoms with E-state index in [1.807, 2.05) is 0 Å². The summed E-state index contributed by atoms with van der Waals surface area (Å²) in [5, 5.41) is 16.0. The minimum Gasteiger partial charge on any atom is -0.391 e. The third kappa shape index (κ3) is 4.62. The number of aliphatic hydroxyl groups excluding tert-OH is 1. The van der Waals surface area contributed by atoms with Gasteiger partial charge < -0.3 is 21.5 Å². The Morgan fingerprint density at radius 2 is 1.77 bits per heavy atom. The fourth-order valence-corrected chi connectivity index (χ4v) is 5.06. The molecule has 0 saturated heterocycles. The number of nitrogens with one attached hydrogen (secondary N) is 2. The van der Waals surface area contributed by atoms with Gasteiger partial charge in [0.2, 0.25) is 17.8 Å². The number of nitrogens with zero attached hydrogens (tertiary/aromatic N) is 4. The molecule has 9 nitrogen and oxygen atoms in total. The average molecular weight is 490 g/mol. The number of hydrogen-bond acceptors (Lipinski definition) is 7. The lowest BCUT2D eigenvalue weighted by Crippen LogP contribution is -2.29. The Morgan fingerprint density at radius 3 is 2.40 bits per heavy atom. The summed E-state index contributed by atoms with van der Waals surface area (Å²) in [6, 6.07) is 0.829. The van der Waals surface area contributed by atoms with E-state index in [0.717, 1.165) is 12.8 Å². The Morgan fingerprint density at radius 1 is 1.06 bits per heavy atom. The van der Waals surface area contributed by atoms with Crippen molar-refractivity contribution in [2.45, 2.75) is 63.1 Å². The van der Waals surface area contributed by atoms with Crippen LogP contribution in [0.2, 0.25) is 0 Å². The molecule has 2 aliphatic carbocycles. The zero-order valence-electron chi connectivity index (χ0n) is 18.8. The zero-order chi connectivity index (χ0) is 24.7. The molecule has 0 bridgehead atoms. The molecule has 3 aromatic rings. The molecule has 5 rings (SSSR count). The molecule has 2 aromatic heterocycles. The molecular weight excluding hydrogens is 463 g/mol. The predicted molar refractivity (Wildman–Crippen MR) is 122 cm³/mol. The maximum Gasteiger partial charge on any atom is 0.225 e. The highest BCUT2D eigenvalue weighted by atomic mass is 19.1. The van der Waals surface area contributed by atoms with E-state index < -0.39 is 29.2 Å². The molecule has 1 aromatic carbocycles. The number of aromatic nitrogens is 4. The van der Waals surface area contributed by atoms with E-state index >= 15 is 0 Å². The van der Waals surface area contributed by atoms with Crippen LogP contribution in [0.4, 0.5) is 30.8 Å². The molecule has 5 N–H and O–H groups in total. The van der Waals surface area contributed by atoms with E-state index in [2.05, 4.69) is 25.6 Å². The first-order chi connectivity index (χ1) is 16.8. The van der Waals surface area contributed by atoms with Crippen LogP contribution >= 0.6 is 0 Å². The van der Waals surface area contributed by atoms with Crippen molar-refractivity contribution >= 4 is 34.7 Å². The second-order valence-corrected chi connectivity index (χ2v) is 9.23. The van der Waals surface area contributed by atoms with Crippen molar-refractivity contribution in [3.8, 4) is 0 Å². The third-order valence-electron chi connectivity index (χ3n) is 6.93. The SMILES string of the molecule is NC(=O)[C@H]1CC[C@@H](n2c(Nc3c(F)cc(F)cc3F)nc3cnc(N[C@@H]4CCC[C@H]4O)nc32)CC1. The van der Waals surface area contributed by atoms with E-state index in [-0.39, 0.29) is 29.9 Å². The number of rotatable bonds is 6. The number of hydrogen-bond donors (Lipinski definition) is 4. The van der Waals surface area contributed by atoms with E-state index in [0.29, 0.717) is 61.3 Å². The molecule has 35 heavy (non-hydrogen) atoms. The van der Waals surface area contributed by atoms with Crippen molar-refractivity contribution in [2.75, 3.05) is 10.6 Å². The summed E-state index contributed by atoms with van der Waals surface area (Å²) in [5.41, 5.74) is 5.77. The summed E-state index contributed by atoms with van der Waals surface area (Å²) in [7, 11) is 0. The van der Waals surface area contributed by atoms with Gasteiger partial charge in [0.25, 0.3) is 0 Å². The quantitative estimate of drug-likeness (QED) is 0.417. The van der Waals surface area contributed by atoms with Gasteiger partial charge in [0.15, 0.2) is 17.3 Å². The highest BCUT2D eigenvalue weighted by molar-refractivity contribution is 5.78. The summed E-state index contributed by atoms with van der Waals surface area (Å²) in [6.07, 6.45) is 5.66. The summed E-state index contributed by atoms with van der Waals surface area (Å²) in [4.78, 5) is 25.0. The lowest BCUT2D eigenvalue weighted by atomic mass is 9.85. The number of carbonyl (C=O) groups excluding carboxylic acids is 1. The van der Waals surface area contributed by atoms with Crippen LogP contribution < -0.4 is 16.4 Å². The number of amides is 1. The van der Waals surface area contributed by atoms with Gasteiger partial charge in [0.05, 0.1) is 18.3 Å². The van der Waals surface area contributed by atoms with Gasteiger partial charge in [-0.2, -0.15) is 4.98 Å². The fraction of sp³-hybridized carbons (Fsp3) is 0.478. The van der Waals surface area contributed by atoms with Crippen molar-refractivity contribution in [2.24, 2.45) is 11.7 Å². The maximum absolute atomic E-state index is 14.4. The summed E-state index contributed by atoms with van der Waals surface area (Å²) in [6.45, 7) is 0. The first-order valence-electron chi connectivity index (χ1n) is 11.7. The normalized spacial score (nSPS) is 24.6. The van der Waals surface area contributed by atoms with E-state index in [4.69, 9.17) is 5.73 Å². The molecule has 12 heteroatoms. The number of primary amides is 1. The number of benzene rings is 1. The Hall–Kier alpha value is -3.41. The summed E-state index contributed by atoms with van der Waals surface area (Å²) in [5.74, 6) is -3.37. The number of nitrogens with two attached hydrogens (primary N) is 1. The largest absolute Gasteiger partial charge is 0.391 e. The number of anilines is 3. The number of carbonyl (C=O) groups is 1. The van der Waals surface area contributed by atoms with Crippen molar-refractivity contribution in [1.29, 1.82) is 0 Å². The standard InChI is InChI=1S/C23H26F3N7O2/c24-12-8-14(25)19(15(26)9-12)31-23-30-17-10-28-22(29-16-2-1-3-18(16)34)32-21(17)33(23)13-6-4-11(5-7-13)20(27)35/h8-11,13,16,18,34H,1-7H2,(H2,27,35)(H,30,31)(H,28,29,32)/t11-,13+,16-,18-/m1/s1. The van der Waals surface area contributed by atoms with Crippen LogP contribution in [0.15, 0.2) is 18.3 Å². The van der Waals surface area contributed by atoms with Crippen LogP contribution in [0.5, 0.6) is 0 Å². The number of aliphatic hydroxyl groups is 1. The number of imidazole rings is 1. The van der Waals surface area contributed by atoms with Crippen molar-refractivity contribution in [3.05, 3.63) is 35.8 Å². The van der Waals surface area contributed by atoms with Crippen LogP contribution in [0.3, 0.4) is 0 Å². The fourth-order valence-electron chi connectivity index (χ4n) is 5.06. The van der Waals surface area contributed by atoms with Gasteiger partial charge in [-0.25, -0.2) is 23.1 Å². The Balaban J connectivity index is 1.54. The molecule has 2 fully saturated rings. The molecule has 0 unspecified atom stereocenters. The lowest BCUT2D eigenvalue weighted by molar-refractivity contribution is -0.122. The Labute approximate surface area is 199 Å². The molecule has 2 atom stereocenters. The van der Waals surface area contributed by atoms with Crippen LogP contribution in [0, 0.1) is 23.4 Å². The highest BCUT2D eigenvalue weighted by Crippen LogP contribution is 2.37. The van der Waals surface area contributed by atoms with Gasteiger partial charge in [-0.3, -0.25) is 9.36 Å². The summed E-state index contributed by atoms with van der Waals surface area (Å²) >= 11 is 0. The third-order valence-corrected chi connectivity index (χ3v) is 6.93. The average Bonchev–Trinajstić information content (AvgIpc) is 3.38. The first-order valence-corrected chi connectivity index (χ1v) is 11.7.